The second-order valence-corrected chi connectivity index (χ2v) is 5.09. The van der Waals surface area contributed by atoms with E-state index in [1.807, 2.05) is 0 Å². The lowest BCUT2D eigenvalue weighted by atomic mass is 9.82. The zero-order chi connectivity index (χ0) is 12.3. The minimum atomic E-state index is -0.00715. The fourth-order valence-corrected chi connectivity index (χ4v) is 3.09. The molecule has 1 aromatic heterocycles. The Bertz CT molecular complexity index is 367. The van der Waals surface area contributed by atoms with E-state index in [0.29, 0.717) is 0 Å². The van der Waals surface area contributed by atoms with E-state index in [1.54, 1.807) is 0 Å². The minimum Gasteiger partial charge on any atom is -0.388 e. The van der Waals surface area contributed by atoms with Gasteiger partial charge in [-0.25, -0.2) is 0 Å². The number of aliphatic hydroxyl groups is 1. The van der Waals surface area contributed by atoms with Gasteiger partial charge < -0.3 is 9.67 Å². The van der Waals surface area contributed by atoms with Crippen LogP contribution in [0.15, 0.2) is 0 Å². The van der Waals surface area contributed by atoms with E-state index in [2.05, 4.69) is 28.6 Å². The fraction of sp³-hybridized carbons (Fsp3) is 0.846. The van der Waals surface area contributed by atoms with Gasteiger partial charge in [-0.05, 0) is 25.7 Å². The summed E-state index contributed by atoms with van der Waals surface area (Å²) < 4.78 is 2.15. The molecule has 1 aromatic rings. The molecule has 0 unspecified atom stereocenters. The van der Waals surface area contributed by atoms with E-state index >= 15 is 0 Å². The summed E-state index contributed by atoms with van der Waals surface area (Å²) in [5, 5.41) is 17.9. The van der Waals surface area contributed by atoms with Gasteiger partial charge in [0.1, 0.15) is 12.4 Å². The van der Waals surface area contributed by atoms with E-state index in [0.717, 1.165) is 31.0 Å². The van der Waals surface area contributed by atoms with E-state index in [1.165, 1.54) is 25.7 Å². The maximum atomic E-state index is 9.33. The molecule has 0 spiro atoms. The number of nitrogens with zero attached hydrogens (tertiary/aromatic N) is 3. The van der Waals surface area contributed by atoms with Gasteiger partial charge in [-0.3, -0.25) is 0 Å². The predicted molar refractivity (Wildman–Crippen MR) is 66.7 cm³/mol. The van der Waals surface area contributed by atoms with Gasteiger partial charge in [-0.15, -0.1) is 10.2 Å². The van der Waals surface area contributed by atoms with E-state index in [4.69, 9.17) is 0 Å². The molecule has 0 aromatic carbocycles. The molecule has 96 valence electrons. The van der Waals surface area contributed by atoms with Crippen molar-refractivity contribution < 1.29 is 5.11 Å². The molecule has 17 heavy (non-hydrogen) atoms. The first kappa shape index (κ1) is 12.6. The summed E-state index contributed by atoms with van der Waals surface area (Å²) in [6.07, 6.45) is 7.20. The molecule has 1 aliphatic carbocycles. The maximum Gasteiger partial charge on any atom is 0.158 e. The third-order valence-electron chi connectivity index (χ3n) is 4.13. The standard InChI is InChI=1S/C13H23N3O/c1-3-9-16-11(10-17)14-15-12(16)13(4-2)7-5-6-8-13/h17H,3-10H2,1-2H3. The van der Waals surface area contributed by atoms with Gasteiger partial charge in [0.25, 0.3) is 0 Å². The number of hydrogen-bond acceptors (Lipinski definition) is 3. The van der Waals surface area contributed by atoms with Crippen molar-refractivity contribution in [1.82, 2.24) is 14.8 Å². The minimum absolute atomic E-state index is 0.00715. The molecule has 0 saturated heterocycles. The summed E-state index contributed by atoms with van der Waals surface area (Å²) in [6, 6.07) is 0. The van der Waals surface area contributed by atoms with Crippen molar-refractivity contribution in [2.75, 3.05) is 0 Å². The highest BCUT2D eigenvalue weighted by molar-refractivity contribution is 5.13. The molecule has 1 aliphatic rings. The van der Waals surface area contributed by atoms with Gasteiger partial charge in [0, 0.05) is 12.0 Å². The smallest absolute Gasteiger partial charge is 0.158 e. The van der Waals surface area contributed by atoms with Crippen molar-refractivity contribution in [2.45, 2.75) is 70.9 Å². The summed E-state index contributed by atoms with van der Waals surface area (Å²) >= 11 is 0. The summed E-state index contributed by atoms with van der Waals surface area (Å²) in [5.74, 6) is 1.84. The molecule has 0 bridgehead atoms. The first-order valence-corrected chi connectivity index (χ1v) is 6.81. The topological polar surface area (TPSA) is 50.9 Å². The number of aliphatic hydroxyl groups excluding tert-OH is 1. The summed E-state index contributed by atoms with van der Waals surface area (Å²) in [5.41, 5.74) is 0.218. The predicted octanol–water partition coefficient (Wildman–Crippen LogP) is 2.40. The first-order valence-electron chi connectivity index (χ1n) is 6.81. The lowest BCUT2D eigenvalue weighted by molar-refractivity contribution is 0.262. The van der Waals surface area contributed by atoms with Crippen molar-refractivity contribution in [2.24, 2.45) is 0 Å². The molecule has 0 amide bonds. The van der Waals surface area contributed by atoms with Gasteiger partial charge in [-0.1, -0.05) is 26.7 Å². The zero-order valence-electron chi connectivity index (χ0n) is 10.9. The SMILES string of the molecule is CCCn1c(CO)nnc1C1(CC)CCCC1. The number of rotatable bonds is 5. The molecular weight excluding hydrogens is 214 g/mol. The molecule has 1 N–H and O–H groups in total. The van der Waals surface area contributed by atoms with Gasteiger partial charge in [0.2, 0.25) is 0 Å². The molecule has 0 aliphatic heterocycles. The quantitative estimate of drug-likeness (QED) is 0.855. The van der Waals surface area contributed by atoms with Crippen molar-refractivity contribution in [1.29, 1.82) is 0 Å². The van der Waals surface area contributed by atoms with Crippen LogP contribution in [0.25, 0.3) is 0 Å². The van der Waals surface area contributed by atoms with Crippen molar-refractivity contribution in [3.8, 4) is 0 Å². The Balaban J connectivity index is 2.39. The zero-order valence-corrected chi connectivity index (χ0v) is 10.9. The lowest BCUT2D eigenvalue weighted by Gasteiger charge is -2.27. The number of hydrogen-bond donors (Lipinski definition) is 1. The van der Waals surface area contributed by atoms with Crippen LogP contribution in [0.4, 0.5) is 0 Å². The van der Waals surface area contributed by atoms with Crippen LogP contribution in [0.3, 0.4) is 0 Å². The molecule has 1 fully saturated rings. The normalized spacial score (nSPS) is 18.8. The van der Waals surface area contributed by atoms with Crippen LogP contribution in [0.1, 0.15) is 64.0 Å². The van der Waals surface area contributed by atoms with E-state index in [-0.39, 0.29) is 12.0 Å². The Morgan fingerprint density at radius 1 is 1.24 bits per heavy atom. The van der Waals surface area contributed by atoms with Crippen LogP contribution in [0.2, 0.25) is 0 Å². The Morgan fingerprint density at radius 3 is 2.47 bits per heavy atom. The molecular formula is C13H23N3O. The lowest BCUT2D eigenvalue weighted by Crippen LogP contribution is -2.26. The second kappa shape index (κ2) is 5.17. The van der Waals surface area contributed by atoms with Crippen LogP contribution in [0.5, 0.6) is 0 Å². The third kappa shape index (κ3) is 2.10. The van der Waals surface area contributed by atoms with Gasteiger partial charge in [-0.2, -0.15) is 0 Å². The molecule has 2 rings (SSSR count). The molecule has 0 radical (unpaired) electrons. The van der Waals surface area contributed by atoms with Crippen molar-refractivity contribution >= 4 is 0 Å². The average molecular weight is 237 g/mol. The van der Waals surface area contributed by atoms with Gasteiger partial charge >= 0.3 is 0 Å². The van der Waals surface area contributed by atoms with Crippen LogP contribution >= 0.6 is 0 Å². The summed E-state index contributed by atoms with van der Waals surface area (Å²) in [7, 11) is 0. The summed E-state index contributed by atoms with van der Waals surface area (Å²) in [6.45, 7) is 5.31. The van der Waals surface area contributed by atoms with Crippen LogP contribution in [-0.4, -0.2) is 19.9 Å². The number of aromatic nitrogens is 3. The largest absolute Gasteiger partial charge is 0.388 e. The molecule has 1 saturated carbocycles. The second-order valence-electron chi connectivity index (χ2n) is 5.09. The molecule has 1 heterocycles. The monoisotopic (exact) mass is 237 g/mol. The van der Waals surface area contributed by atoms with E-state index in [9.17, 15) is 5.11 Å². The van der Waals surface area contributed by atoms with E-state index < -0.39 is 0 Å². The Morgan fingerprint density at radius 2 is 1.94 bits per heavy atom. The van der Waals surface area contributed by atoms with Crippen LogP contribution in [0, 0.1) is 0 Å². The highest BCUT2D eigenvalue weighted by atomic mass is 16.3. The van der Waals surface area contributed by atoms with Crippen LogP contribution in [-0.2, 0) is 18.6 Å². The average Bonchev–Trinajstić information content (AvgIpc) is 2.96. The Labute approximate surface area is 103 Å². The Hall–Kier alpha value is -0.900. The van der Waals surface area contributed by atoms with Crippen LogP contribution < -0.4 is 0 Å². The Kier molecular flexibility index (Phi) is 3.82. The maximum absolute atomic E-state index is 9.33. The molecule has 4 heteroatoms. The molecule has 0 atom stereocenters. The highest BCUT2D eigenvalue weighted by Crippen LogP contribution is 2.43. The summed E-state index contributed by atoms with van der Waals surface area (Å²) in [4.78, 5) is 0. The fourth-order valence-electron chi connectivity index (χ4n) is 3.09. The highest BCUT2D eigenvalue weighted by Gasteiger charge is 2.38. The van der Waals surface area contributed by atoms with Crippen molar-refractivity contribution in [3.05, 3.63) is 11.6 Å². The third-order valence-corrected chi connectivity index (χ3v) is 4.13. The van der Waals surface area contributed by atoms with Crippen molar-refractivity contribution in [3.63, 3.8) is 0 Å². The first-order chi connectivity index (χ1) is 8.27. The van der Waals surface area contributed by atoms with Gasteiger partial charge in [0.15, 0.2) is 5.82 Å². The van der Waals surface area contributed by atoms with Gasteiger partial charge in [0.05, 0.1) is 0 Å². The molecule has 4 nitrogen and oxygen atoms in total.